The Hall–Kier alpha value is -1.46. The Morgan fingerprint density at radius 1 is 1.31 bits per heavy atom. The minimum Gasteiger partial charge on any atom is -0.385 e. The second-order valence-electron chi connectivity index (χ2n) is 3.76. The zero-order chi connectivity index (χ0) is 12.5. The molecule has 0 aromatic heterocycles. The topological polar surface area (TPSA) is 83.6 Å². The second kappa shape index (κ2) is 4.59. The average Bonchev–Trinajstić information content (AvgIpc) is 2.22. The van der Waals surface area contributed by atoms with Crippen molar-refractivity contribution >= 4 is 5.91 Å². The number of aliphatic hydroxyl groups excluding tert-OH is 2. The quantitative estimate of drug-likeness (QED) is 0.695. The SMILES string of the molecule is Cc1cc(C(O)C(O)C(N)=O)cc(C)c1F. The zero-order valence-electron chi connectivity index (χ0n) is 9.07. The maximum Gasteiger partial charge on any atom is 0.249 e. The third-order valence-corrected chi connectivity index (χ3v) is 2.39. The highest BCUT2D eigenvalue weighted by molar-refractivity contribution is 5.79. The van der Waals surface area contributed by atoms with E-state index < -0.39 is 18.1 Å². The number of carbonyl (C=O) groups is 1. The van der Waals surface area contributed by atoms with E-state index in [2.05, 4.69) is 0 Å². The number of nitrogens with two attached hydrogens (primary N) is 1. The lowest BCUT2D eigenvalue weighted by Crippen LogP contribution is -2.33. The van der Waals surface area contributed by atoms with Crippen molar-refractivity contribution < 1.29 is 19.4 Å². The summed E-state index contributed by atoms with van der Waals surface area (Å²) in [6.07, 6.45) is -3.13. The molecule has 0 heterocycles. The Kier molecular flexibility index (Phi) is 3.62. The normalized spacial score (nSPS) is 14.6. The molecule has 4 N–H and O–H groups in total. The van der Waals surface area contributed by atoms with Crippen LogP contribution in [-0.4, -0.2) is 22.2 Å². The van der Waals surface area contributed by atoms with Crippen molar-refractivity contribution in [1.82, 2.24) is 0 Å². The molecule has 0 aliphatic heterocycles. The molecule has 1 rings (SSSR count). The molecule has 16 heavy (non-hydrogen) atoms. The monoisotopic (exact) mass is 227 g/mol. The summed E-state index contributed by atoms with van der Waals surface area (Å²) in [5, 5.41) is 18.9. The molecule has 0 saturated carbocycles. The number of benzene rings is 1. The summed E-state index contributed by atoms with van der Waals surface area (Å²) in [6, 6.07) is 2.75. The van der Waals surface area contributed by atoms with Gasteiger partial charge >= 0.3 is 0 Å². The van der Waals surface area contributed by atoms with Gasteiger partial charge in [-0.2, -0.15) is 0 Å². The highest BCUT2D eigenvalue weighted by Crippen LogP contribution is 2.22. The van der Waals surface area contributed by atoms with Crippen LogP contribution < -0.4 is 5.73 Å². The van der Waals surface area contributed by atoms with Crippen molar-refractivity contribution in [3.05, 3.63) is 34.6 Å². The number of rotatable bonds is 3. The molecular weight excluding hydrogens is 213 g/mol. The van der Waals surface area contributed by atoms with Crippen molar-refractivity contribution in [1.29, 1.82) is 0 Å². The van der Waals surface area contributed by atoms with E-state index in [0.717, 1.165) is 0 Å². The molecule has 1 amide bonds. The van der Waals surface area contributed by atoms with Crippen LogP contribution in [0.4, 0.5) is 4.39 Å². The highest BCUT2D eigenvalue weighted by atomic mass is 19.1. The maximum absolute atomic E-state index is 13.3. The first-order valence-corrected chi connectivity index (χ1v) is 4.76. The number of aliphatic hydroxyl groups is 2. The summed E-state index contributed by atoms with van der Waals surface area (Å²) in [7, 11) is 0. The molecule has 5 heteroatoms. The van der Waals surface area contributed by atoms with Gasteiger partial charge in [0.15, 0.2) is 6.10 Å². The Morgan fingerprint density at radius 2 is 1.75 bits per heavy atom. The predicted octanol–water partition coefficient (Wildman–Crippen LogP) is 0.322. The van der Waals surface area contributed by atoms with E-state index in [1.807, 2.05) is 0 Å². The molecule has 0 fully saturated rings. The minimum absolute atomic E-state index is 0.266. The molecule has 0 aliphatic rings. The van der Waals surface area contributed by atoms with Gasteiger partial charge in [0.2, 0.25) is 5.91 Å². The van der Waals surface area contributed by atoms with E-state index in [9.17, 15) is 19.4 Å². The Bertz CT molecular complexity index is 397. The van der Waals surface area contributed by atoms with E-state index in [0.29, 0.717) is 11.1 Å². The van der Waals surface area contributed by atoms with E-state index in [1.54, 1.807) is 0 Å². The fraction of sp³-hybridized carbons (Fsp3) is 0.364. The predicted molar refractivity (Wildman–Crippen MR) is 56.0 cm³/mol. The summed E-state index contributed by atoms with van der Waals surface area (Å²) in [5.74, 6) is -1.39. The van der Waals surface area contributed by atoms with Gasteiger partial charge < -0.3 is 15.9 Å². The lowest BCUT2D eigenvalue weighted by Gasteiger charge is -2.16. The highest BCUT2D eigenvalue weighted by Gasteiger charge is 2.24. The van der Waals surface area contributed by atoms with Crippen LogP contribution in [0.2, 0.25) is 0 Å². The first kappa shape index (κ1) is 12.6. The van der Waals surface area contributed by atoms with Gasteiger partial charge in [0, 0.05) is 0 Å². The molecular formula is C11H14FNO3. The van der Waals surface area contributed by atoms with E-state index in [1.165, 1.54) is 26.0 Å². The minimum atomic E-state index is -1.69. The number of hydrogen-bond acceptors (Lipinski definition) is 3. The van der Waals surface area contributed by atoms with Crippen LogP contribution in [0.1, 0.15) is 22.8 Å². The van der Waals surface area contributed by atoms with Gasteiger partial charge in [0.25, 0.3) is 0 Å². The van der Waals surface area contributed by atoms with Crippen molar-refractivity contribution in [3.8, 4) is 0 Å². The van der Waals surface area contributed by atoms with Gasteiger partial charge in [0.1, 0.15) is 11.9 Å². The standard InChI is InChI=1S/C11H14FNO3/c1-5-3-7(4-6(2)8(5)12)9(14)10(15)11(13)16/h3-4,9-10,14-15H,1-2H3,(H2,13,16). The zero-order valence-corrected chi connectivity index (χ0v) is 9.07. The van der Waals surface area contributed by atoms with Crippen LogP contribution in [0.5, 0.6) is 0 Å². The average molecular weight is 227 g/mol. The maximum atomic E-state index is 13.3. The second-order valence-corrected chi connectivity index (χ2v) is 3.76. The molecule has 0 radical (unpaired) electrons. The summed E-state index contributed by atoms with van der Waals surface area (Å²) >= 11 is 0. The largest absolute Gasteiger partial charge is 0.385 e. The van der Waals surface area contributed by atoms with E-state index >= 15 is 0 Å². The van der Waals surface area contributed by atoms with E-state index in [4.69, 9.17) is 5.73 Å². The van der Waals surface area contributed by atoms with Crippen LogP contribution in [0.15, 0.2) is 12.1 Å². The van der Waals surface area contributed by atoms with Crippen LogP contribution in [0, 0.1) is 19.7 Å². The van der Waals surface area contributed by atoms with Crippen LogP contribution in [-0.2, 0) is 4.79 Å². The Labute approximate surface area is 92.5 Å². The molecule has 0 bridgehead atoms. The van der Waals surface area contributed by atoms with Crippen LogP contribution in [0.3, 0.4) is 0 Å². The summed E-state index contributed by atoms with van der Waals surface area (Å²) < 4.78 is 13.3. The number of primary amides is 1. The summed E-state index contributed by atoms with van der Waals surface area (Å²) in [4.78, 5) is 10.7. The molecule has 0 saturated heterocycles. The molecule has 2 unspecified atom stereocenters. The molecule has 1 aromatic carbocycles. The molecule has 0 aliphatic carbocycles. The molecule has 1 aromatic rings. The summed E-state index contributed by atoms with van der Waals surface area (Å²) in [6.45, 7) is 3.07. The number of carbonyl (C=O) groups excluding carboxylic acids is 1. The van der Waals surface area contributed by atoms with Gasteiger partial charge in [0.05, 0.1) is 0 Å². The first-order chi connectivity index (χ1) is 7.34. The van der Waals surface area contributed by atoms with Crippen molar-refractivity contribution in [2.45, 2.75) is 26.1 Å². The van der Waals surface area contributed by atoms with Gasteiger partial charge in [-0.05, 0) is 30.5 Å². The van der Waals surface area contributed by atoms with Crippen LogP contribution >= 0.6 is 0 Å². The van der Waals surface area contributed by atoms with Gasteiger partial charge in [-0.1, -0.05) is 12.1 Å². The third-order valence-electron chi connectivity index (χ3n) is 2.39. The third kappa shape index (κ3) is 2.37. The number of halogens is 1. The smallest absolute Gasteiger partial charge is 0.249 e. The van der Waals surface area contributed by atoms with Gasteiger partial charge in [-0.3, -0.25) is 4.79 Å². The van der Waals surface area contributed by atoms with Gasteiger partial charge in [-0.25, -0.2) is 4.39 Å². The van der Waals surface area contributed by atoms with Crippen molar-refractivity contribution in [3.63, 3.8) is 0 Å². The molecule has 0 spiro atoms. The van der Waals surface area contributed by atoms with E-state index in [-0.39, 0.29) is 11.4 Å². The lowest BCUT2D eigenvalue weighted by molar-refractivity contribution is -0.131. The lowest BCUT2D eigenvalue weighted by atomic mass is 9.99. The molecule has 88 valence electrons. The van der Waals surface area contributed by atoms with Crippen LogP contribution in [0.25, 0.3) is 0 Å². The number of amides is 1. The van der Waals surface area contributed by atoms with Gasteiger partial charge in [-0.15, -0.1) is 0 Å². The molecule has 2 atom stereocenters. The first-order valence-electron chi connectivity index (χ1n) is 4.76. The van der Waals surface area contributed by atoms with Crippen molar-refractivity contribution in [2.75, 3.05) is 0 Å². The molecule has 4 nitrogen and oxygen atoms in total. The summed E-state index contributed by atoms with van der Waals surface area (Å²) in [5.41, 5.74) is 5.80. The number of aryl methyl sites for hydroxylation is 2. The Balaban J connectivity index is 3.10. The Morgan fingerprint density at radius 3 is 2.12 bits per heavy atom. The fourth-order valence-corrected chi connectivity index (χ4v) is 1.49. The van der Waals surface area contributed by atoms with Crippen molar-refractivity contribution in [2.24, 2.45) is 5.73 Å². The fourth-order valence-electron chi connectivity index (χ4n) is 1.49. The number of hydrogen-bond donors (Lipinski definition) is 3.